The molecule has 328 valence electrons. The SMILES string of the molecule is CCC(=O)Nc1cc(COc2c(Cl)cc(C(=O)NCC(=O)O)cc2Cl)cc(C(F)(F)F)c1.CCC(=O)Nc1cc(COc2c(Cl)cc(CC(=O)O)cc2Cl)cc(C(F)(F)F)c1. The summed E-state index contributed by atoms with van der Waals surface area (Å²) >= 11 is 24.3. The number of halogens is 10. The molecule has 5 N–H and O–H groups in total. The standard InChI is InChI=1S/C20H17Cl2F3N2O5.C19H16Cl2F3NO4/c1-2-16(28)27-13-4-10(3-12(7-13)20(23,24)25)9-32-18-14(21)5-11(6-15(18)22)19(31)26-8-17(29)30;1-2-16(26)25-13-4-11(3-12(8-13)19(22,23)24)9-29-18-14(20)5-10(6-15(18)21)7-17(27)28/h3-7H,2,8-9H2,1H3,(H,26,31)(H,27,28)(H,29,30);3-6,8H,2,7,9H2,1H3,(H,25,26)(H,27,28). The third kappa shape index (κ3) is 15.8. The van der Waals surface area contributed by atoms with Crippen molar-refractivity contribution in [2.24, 2.45) is 0 Å². The van der Waals surface area contributed by atoms with Crippen molar-refractivity contribution in [1.29, 1.82) is 0 Å². The molecule has 12 nitrogen and oxygen atoms in total. The fourth-order valence-corrected chi connectivity index (χ4v) is 6.18. The molecule has 22 heteroatoms. The van der Waals surface area contributed by atoms with Crippen molar-refractivity contribution in [2.75, 3.05) is 17.2 Å². The molecule has 0 aliphatic heterocycles. The van der Waals surface area contributed by atoms with Crippen LogP contribution in [-0.4, -0.2) is 46.4 Å². The molecule has 61 heavy (non-hydrogen) atoms. The summed E-state index contributed by atoms with van der Waals surface area (Å²) < 4.78 is 90.1. The molecule has 0 aliphatic carbocycles. The first kappa shape index (κ1) is 49.9. The maximum absolute atomic E-state index is 13.2. The third-order valence-corrected chi connectivity index (χ3v) is 8.81. The van der Waals surface area contributed by atoms with E-state index in [4.69, 9.17) is 66.1 Å². The van der Waals surface area contributed by atoms with Crippen LogP contribution in [0.1, 0.15) is 64.9 Å². The molecule has 0 radical (unpaired) electrons. The number of amides is 3. The maximum atomic E-state index is 13.2. The van der Waals surface area contributed by atoms with Crippen LogP contribution in [-0.2, 0) is 51.2 Å². The van der Waals surface area contributed by atoms with Crippen LogP contribution >= 0.6 is 46.4 Å². The van der Waals surface area contributed by atoms with E-state index in [1.807, 2.05) is 0 Å². The molecule has 4 aromatic rings. The third-order valence-electron chi connectivity index (χ3n) is 7.69. The Kier molecular flexibility index (Phi) is 17.9. The van der Waals surface area contributed by atoms with Crippen LogP contribution in [0.5, 0.6) is 11.5 Å². The fraction of sp³-hybridized carbons (Fsp3) is 0.256. The summed E-state index contributed by atoms with van der Waals surface area (Å²) in [4.78, 5) is 56.4. The summed E-state index contributed by atoms with van der Waals surface area (Å²) in [7, 11) is 0. The maximum Gasteiger partial charge on any atom is 0.416 e. The summed E-state index contributed by atoms with van der Waals surface area (Å²) in [5, 5.41) is 24.2. The van der Waals surface area contributed by atoms with Crippen molar-refractivity contribution in [2.45, 2.75) is 58.7 Å². The van der Waals surface area contributed by atoms with E-state index in [9.17, 15) is 50.3 Å². The zero-order valence-corrected chi connectivity index (χ0v) is 34.6. The minimum atomic E-state index is -4.65. The van der Waals surface area contributed by atoms with Crippen LogP contribution in [0.4, 0.5) is 37.7 Å². The number of benzene rings is 4. The van der Waals surface area contributed by atoms with Crippen LogP contribution in [0.3, 0.4) is 0 Å². The lowest BCUT2D eigenvalue weighted by Gasteiger charge is -2.15. The Hall–Kier alpha value is -5.43. The highest BCUT2D eigenvalue weighted by Crippen LogP contribution is 2.38. The first-order valence-electron chi connectivity index (χ1n) is 17.4. The average Bonchev–Trinajstić information content (AvgIpc) is 3.15. The molecule has 4 rings (SSSR count). The van der Waals surface area contributed by atoms with E-state index < -0.39 is 59.7 Å². The van der Waals surface area contributed by atoms with Crippen LogP contribution in [0.2, 0.25) is 20.1 Å². The minimum Gasteiger partial charge on any atom is -0.486 e. The molecule has 3 amide bonds. The first-order valence-corrected chi connectivity index (χ1v) is 18.9. The Morgan fingerprint density at radius 1 is 0.574 bits per heavy atom. The van der Waals surface area contributed by atoms with Gasteiger partial charge in [0.1, 0.15) is 19.8 Å². The largest absolute Gasteiger partial charge is 0.486 e. The predicted octanol–water partition coefficient (Wildman–Crippen LogP) is 10.3. The number of hydrogen-bond donors (Lipinski definition) is 5. The Morgan fingerprint density at radius 2 is 0.967 bits per heavy atom. The molecule has 0 atom stereocenters. The molecule has 0 saturated heterocycles. The van der Waals surface area contributed by atoms with E-state index in [-0.39, 0.29) is 92.1 Å². The summed E-state index contributed by atoms with van der Waals surface area (Å²) in [5.74, 6) is -4.02. The van der Waals surface area contributed by atoms with E-state index in [0.717, 1.165) is 24.3 Å². The lowest BCUT2D eigenvalue weighted by atomic mass is 10.1. The van der Waals surface area contributed by atoms with Crippen molar-refractivity contribution in [3.05, 3.63) is 114 Å². The van der Waals surface area contributed by atoms with Gasteiger partial charge in [-0.15, -0.1) is 0 Å². The number of carbonyl (C=O) groups excluding carboxylic acids is 3. The average molecular weight is 944 g/mol. The molecule has 4 aromatic carbocycles. The Balaban J connectivity index is 0.000000327. The van der Waals surface area contributed by atoms with Gasteiger partial charge in [0.15, 0.2) is 11.5 Å². The van der Waals surface area contributed by atoms with Crippen LogP contribution < -0.4 is 25.4 Å². The highest BCUT2D eigenvalue weighted by atomic mass is 35.5. The second-order valence-electron chi connectivity index (χ2n) is 12.5. The van der Waals surface area contributed by atoms with Gasteiger partial charge in [0, 0.05) is 29.8 Å². The zero-order valence-electron chi connectivity index (χ0n) is 31.5. The molecule has 0 aromatic heterocycles. The van der Waals surface area contributed by atoms with Gasteiger partial charge in [-0.2, -0.15) is 26.3 Å². The first-order chi connectivity index (χ1) is 28.4. The van der Waals surface area contributed by atoms with Crippen molar-refractivity contribution in [3.63, 3.8) is 0 Å². The molecule has 0 saturated carbocycles. The quantitative estimate of drug-likeness (QED) is 0.0725. The molecular weight excluding hydrogens is 910 g/mol. The Morgan fingerprint density at radius 3 is 1.31 bits per heavy atom. The second kappa shape index (κ2) is 21.9. The van der Waals surface area contributed by atoms with Gasteiger partial charge < -0.3 is 35.6 Å². The van der Waals surface area contributed by atoms with Gasteiger partial charge in [0.05, 0.1) is 37.6 Å². The molecular formula is C39H33Cl4F6N3O9. The van der Waals surface area contributed by atoms with E-state index in [0.29, 0.717) is 5.56 Å². The highest BCUT2D eigenvalue weighted by Gasteiger charge is 2.32. The molecule has 0 fully saturated rings. The molecule has 0 unspecified atom stereocenters. The number of carboxylic acids is 2. The zero-order chi connectivity index (χ0) is 45.8. The number of anilines is 2. The number of hydrogen-bond acceptors (Lipinski definition) is 7. The molecule has 0 aliphatic rings. The van der Waals surface area contributed by atoms with Gasteiger partial charge >= 0.3 is 24.3 Å². The monoisotopic (exact) mass is 941 g/mol. The summed E-state index contributed by atoms with van der Waals surface area (Å²) in [6.45, 7) is 1.84. The summed E-state index contributed by atoms with van der Waals surface area (Å²) in [6.07, 6.45) is -9.37. The lowest BCUT2D eigenvalue weighted by Crippen LogP contribution is -2.29. The number of aliphatic carboxylic acids is 2. The van der Waals surface area contributed by atoms with Crippen molar-refractivity contribution < 1.29 is 70.0 Å². The highest BCUT2D eigenvalue weighted by molar-refractivity contribution is 6.38. The Labute approximate surface area is 363 Å². The van der Waals surface area contributed by atoms with Crippen molar-refractivity contribution in [3.8, 4) is 11.5 Å². The van der Waals surface area contributed by atoms with Gasteiger partial charge in [-0.05, 0) is 77.4 Å². The van der Waals surface area contributed by atoms with Crippen LogP contribution in [0.25, 0.3) is 0 Å². The number of carbonyl (C=O) groups is 5. The normalized spacial score (nSPS) is 11.1. The number of carboxylic acid groups (broad SMARTS) is 2. The van der Waals surface area contributed by atoms with E-state index in [2.05, 4.69) is 16.0 Å². The van der Waals surface area contributed by atoms with Gasteiger partial charge in [-0.25, -0.2) is 0 Å². The number of nitrogens with one attached hydrogen (secondary N) is 3. The van der Waals surface area contributed by atoms with Gasteiger partial charge in [-0.1, -0.05) is 60.3 Å². The molecule has 0 spiro atoms. The molecule has 0 bridgehead atoms. The smallest absolute Gasteiger partial charge is 0.416 e. The van der Waals surface area contributed by atoms with E-state index in [1.54, 1.807) is 13.8 Å². The number of rotatable bonds is 15. The van der Waals surface area contributed by atoms with Crippen molar-refractivity contribution in [1.82, 2.24) is 5.32 Å². The fourth-order valence-electron chi connectivity index (χ4n) is 4.95. The topological polar surface area (TPSA) is 180 Å². The van der Waals surface area contributed by atoms with Gasteiger partial charge in [-0.3, -0.25) is 24.0 Å². The number of alkyl halides is 6. The summed E-state index contributed by atoms with van der Waals surface area (Å²) in [6, 6.07) is 11.1. The van der Waals surface area contributed by atoms with Crippen LogP contribution in [0.15, 0.2) is 60.7 Å². The predicted molar refractivity (Wildman–Crippen MR) is 214 cm³/mol. The summed E-state index contributed by atoms with van der Waals surface area (Å²) in [5.41, 5.74) is -1.45. The second-order valence-corrected chi connectivity index (χ2v) is 14.1. The lowest BCUT2D eigenvalue weighted by molar-refractivity contribution is -0.138. The minimum absolute atomic E-state index is 0.0130. The van der Waals surface area contributed by atoms with Crippen molar-refractivity contribution >= 4 is 87.4 Å². The van der Waals surface area contributed by atoms with E-state index >= 15 is 0 Å². The van der Waals surface area contributed by atoms with E-state index in [1.165, 1.54) is 36.4 Å². The number of ether oxygens (including phenoxy) is 2. The molecule has 0 heterocycles. The Bertz CT molecular complexity index is 2250. The van der Waals surface area contributed by atoms with Gasteiger partial charge in [0.2, 0.25) is 11.8 Å². The van der Waals surface area contributed by atoms with Gasteiger partial charge in [0.25, 0.3) is 5.91 Å². The van der Waals surface area contributed by atoms with Crippen LogP contribution in [0, 0.1) is 0 Å².